The fraction of sp³-hybridized carbons (Fsp3) is 0.200. The van der Waals surface area contributed by atoms with Gasteiger partial charge in [0.25, 0.3) is 5.91 Å². The van der Waals surface area contributed by atoms with Crippen LogP contribution < -0.4 is 5.32 Å². The molecule has 0 spiro atoms. The second-order valence-electron chi connectivity index (χ2n) is 6.15. The number of carbonyl (C=O) groups excluding carboxylic acids is 3. The Morgan fingerprint density at radius 2 is 1.93 bits per heavy atom. The van der Waals surface area contributed by atoms with Crippen molar-refractivity contribution in [3.05, 3.63) is 59.6 Å². The van der Waals surface area contributed by atoms with E-state index in [4.69, 9.17) is 4.74 Å². The molecule has 0 saturated carbocycles. The van der Waals surface area contributed by atoms with E-state index in [9.17, 15) is 14.4 Å². The SMILES string of the molecule is CNC(=O)CN(C)C(=O)COC(=O)c1cn(-c2ccccc2)nc1-c1cccs1. The summed E-state index contributed by atoms with van der Waals surface area (Å²) in [6.45, 7) is -0.577. The van der Waals surface area contributed by atoms with Crippen LogP contribution in [0.3, 0.4) is 0 Å². The predicted octanol–water partition coefficient (Wildman–Crippen LogP) is 1.96. The average Bonchev–Trinajstić information content (AvgIpc) is 3.41. The van der Waals surface area contributed by atoms with E-state index in [1.54, 1.807) is 10.9 Å². The predicted molar refractivity (Wildman–Crippen MR) is 109 cm³/mol. The smallest absolute Gasteiger partial charge is 0.342 e. The number of likely N-dealkylation sites (N-methyl/N-ethyl adjacent to an activating group) is 2. The van der Waals surface area contributed by atoms with Crippen molar-refractivity contribution in [2.75, 3.05) is 27.2 Å². The highest BCUT2D eigenvalue weighted by atomic mass is 32.1. The summed E-state index contributed by atoms with van der Waals surface area (Å²) in [5, 5.41) is 8.86. The Morgan fingerprint density at radius 1 is 1.17 bits per heavy atom. The van der Waals surface area contributed by atoms with Crippen LogP contribution in [-0.2, 0) is 14.3 Å². The van der Waals surface area contributed by atoms with Gasteiger partial charge in [-0.2, -0.15) is 5.10 Å². The summed E-state index contributed by atoms with van der Waals surface area (Å²) in [6.07, 6.45) is 1.59. The number of para-hydroxylation sites is 1. The zero-order valence-electron chi connectivity index (χ0n) is 16.0. The number of aromatic nitrogens is 2. The number of hydrogen-bond acceptors (Lipinski definition) is 6. The van der Waals surface area contributed by atoms with Gasteiger partial charge in [-0.25, -0.2) is 9.48 Å². The average molecular weight is 412 g/mol. The highest BCUT2D eigenvalue weighted by Crippen LogP contribution is 2.28. The van der Waals surface area contributed by atoms with Gasteiger partial charge in [-0.15, -0.1) is 11.3 Å². The van der Waals surface area contributed by atoms with Crippen LogP contribution in [0.1, 0.15) is 10.4 Å². The molecule has 9 heteroatoms. The van der Waals surface area contributed by atoms with Crippen molar-refractivity contribution < 1.29 is 19.1 Å². The van der Waals surface area contributed by atoms with Crippen molar-refractivity contribution in [3.63, 3.8) is 0 Å². The molecule has 0 saturated heterocycles. The van der Waals surface area contributed by atoms with Crippen molar-refractivity contribution in [2.45, 2.75) is 0 Å². The Bertz CT molecular complexity index is 999. The van der Waals surface area contributed by atoms with E-state index in [1.165, 1.54) is 30.3 Å². The third-order valence-electron chi connectivity index (χ3n) is 4.12. The molecular weight excluding hydrogens is 392 g/mol. The Kier molecular flexibility index (Phi) is 6.40. The van der Waals surface area contributed by atoms with E-state index in [0.717, 1.165) is 10.6 Å². The number of esters is 1. The molecule has 0 atom stereocenters. The molecule has 0 aliphatic heterocycles. The van der Waals surface area contributed by atoms with Gasteiger partial charge in [0, 0.05) is 20.3 Å². The van der Waals surface area contributed by atoms with Crippen LogP contribution >= 0.6 is 11.3 Å². The Balaban J connectivity index is 1.78. The van der Waals surface area contributed by atoms with Crippen molar-refractivity contribution in [1.82, 2.24) is 20.0 Å². The fourth-order valence-electron chi connectivity index (χ4n) is 2.53. The minimum absolute atomic E-state index is 0.112. The molecule has 2 aromatic heterocycles. The molecule has 0 unspecified atom stereocenters. The number of nitrogens with one attached hydrogen (secondary N) is 1. The molecule has 29 heavy (non-hydrogen) atoms. The maximum atomic E-state index is 12.7. The summed E-state index contributed by atoms with van der Waals surface area (Å²) in [4.78, 5) is 38.2. The van der Waals surface area contributed by atoms with Gasteiger partial charge in [0.1, 0.15) is 11.3 Å². The van der Waals surface area contributed by atoms with Crippen LogP contribution in [0.15, 0.2) is 54.0 Å². The largest absolute Gasteiger partial charge is 0.452 e. The molecule has 1 N–H and O–H groups in total. The first kappa shape index (κ1) is 20.3. The summed E-state index contributed by atoms with van der Waals surface area (Å²) in [5.41, 5.74) is 1.55. The second-order valence-corrected chi connectivity index (χ2v) is 7.10. The zero-order chi connectivity index (χ0) is 20.8. The van der Waals surface area contributed by atoms with E-state index < -0.39 is 18.5 Å². The lowest BCUT2D eigenvalue weighted by Gasteiger charge is -2.15. The van der Waals surface area contributed by atoms with Gasteiger partial charge in [-0.05, 0) is 23.6 Å². The van der Waals surface area contributed by atoms with Gasteiger partial charge in [-0.3, -0.25) is 9.59 Å². The summed E-state index contributed by atoms with van der Waals surface area (Å²) in [5.74, 6) is -1.44. The van der Waals surface area contributed by atoms with Gasteiger partial charge in [0.2, 0.25) is 5.91 Å². The van der Waals surface area contributed by atoms with Gasteiger partial charge >= 0.3 is 5.97 Å². The minimum atomic E-state index is -0.655. The molecule has 0 bridgehead atoms. The third kappa shape index (κ3) is 4.88. The van der Waals surface area contributed by atoms with Gasteiger partial charge in [-0.1, -0.05) is 24.3 Å². The van der Waals surface area contributed by atoms with Crippen LogP contribution in [0.5, 0.6) is 0 Å². The quantitative estimate of drug-likeness (QED) is 0.599. The molecule has 3 aromatic rings. The number of rotatable bonds is 7. The van der Waals surface area contributed by atoms with E-state index in [0.29, 0.717) is 5.69 Å². The van der Waals surface area contributed by atoms with E-state index in [-0.39, 0.29) is 18.0 Å². The molecule has 3 rings (SSSR count). The molecule has 150 valence electrons. The summed E-state index contributed by atoms with van der Waals surface area (Å²) in [6, 6.07) is 13.1. The summed E-state index contributed by atoms with van der Waals surface area (Å²) >= 11 is 1.45. The normalized spacial score (nSPS) is 10.4. The molecule has 2 amide bonds. The number of ether oxygens (including phenoxy) is 1. The molecule has 0 fully saturated rings. The number of carbonyl (C=O) groups is 3. The van der Waals surface area contributed by atoms with Gasteiger partial charge in [0.15, 0.2) is 6.61 Å². The maximum Gasteiger partial charge on any atom is 0.342 e. The Morgan fingerprint density at radius 3 is 2.59 bits per heavy atom. The summed E-state index contributed by atoms with van der Waals surface area (Å²) in [7, 11) is 2.95. The maximum absolute atomic E-state index is 12.7. The van der Waals surface area contributed by atoms with Crippen LogP contribution in [-0.4, -0.2) is 59.7 Å². The highest BCUT2D eigenvalue weighted by Gasteiger charge is 2.22. The standard InChI is InChI=1S/C20H20N4O4S/c1-21-17(25)12-23(2)18(26)13-28-20(27)15-11-24(14-7-4-3-5-8-14)22-19(15)16-9-6-10-29-16/h3-11H,12-13H2,1-2H3,(H,21,25). The number of amides is 2. The van der Waals surface area contributed by atoms with E-state index in [1.807, 2.05) is 47.8 Å². The molecule has 1 aromatic carbocycles. The third-order valence-corrected chi connectivity index (χ3v) is 5.00. The molecule has 0 aliphatic rings. The molecule has 0 aliphatic carbocycles. The first-order valence-corrected chi connectivity index (χ1v) is 9.68. The molecular formula is C20H20N4O4S. The van der Waals surface area contributed by atoms with E-state index >= 15 is 0 Å². The van der Waals surface area contributed by atoms with E-state index in [2.05, 4.69) is 10.4 Å². The van der Waals surface area contributed by atoms with Crippen LogP contribution in [0.2, 0.25) is 0 Å². The van der Waals surface area contributed by atoms with Gasteiger partial charge in [0.05, 0.1) is 17.1 Å². The Labute approximate surface area is 171 Å². The molecule has 8 nitrogen and oxygen atoms in total. The van der Waals surface area contributed by atoms with Crippen LogP contribution in [0.4, 0.5) is 0 Å². The number of nitrogens with zero attached hydrogens (tertiary/aromatic N) is 3. The second kappa shape index (κ2) is 9.16. The van der Waals surface area contributed by atoms with Crippen LogP contribution in [0.25, 0.3) is 16.3 Å². The lowest BCUT2D eigenvalue weighted by Crippen LogP contribution is -2.39. The molecule has 2 heterocycles. The van der Waals surface area contributed by atoms with Crippen LogP contribution in [0, 0.1) is 0 Å². The van der Waals surface area contributed by atoms with Gasteiger partial charge < -0.3 is 15.0 Å². The van der Waals surface area contributed by atoms with Crippen molar-refractivity contribution in [1.29, 1.82) is 0 Å². The lowest BCUT2D eigenvalue weighted by atomic mass is 10.2. The van der Waals surface area contributed by atoms with Crippen molar-refractivity contribution in [3.8, 4) is 16.3 Å². The first-order chi connectivity index (χ1) is 14.0. The minimum Gasteiger partial charge on any atom is -0.452 e. The monoisotopic (exact) mass is 412 g/mol. The lowest BCUT2D eigenvalue weighted by molar-refractivity contribution is -0.137. The van der Waals surface area contributed by atoms with Crippen molar-refractivity contribution >= 4 is 29.1 Å². The zero-order valence-corrected chi connectivity index (χ0v) is 16.8. The molecule has 0 radical (unpaired) electrons. The number of benzene rings is 1. The first-order valence-electron chi connectivity index (χ1n) is 8.80. The Hall–Kier alpha value is -3.46. The van der Waals surface area contributed by atoms with Crippen molar-refractivity contribution in [2.24, 2.45) is 0 Å². The fourth-order valence-corrected chi connectivity index (χ4v) is 3.25. The highest BCUT2D eigenvalue weighted by molar-refractivity contribution is 7.13. The summed E-state index contributed by atoms with van der Waals surface area (Å²) < 4.78 is 6.81. The topological polar surface area (TPSA) is 93.5 Å². The number of hydrogen-bond donors (Lipinski definition) is 1. The number of thiophene rings is 1.